The number of rotatable bonds is 7. The number of aliphatic hydroxyl groups is 1. The van der Waals surface area contributed by atoms with Gasteiger partial charge in [0.05, 0.1) is 6.26 Å². The Morgan fingerprint density at radius 2 is 2.43 bits per heavy atom. The lowest BCUT2D eigenvalue weighted by Gasteiger charge is -2.11. The van der Waals surface area contributed by atoms with Crippen LogP contribution in [0.4, 0.5) is 0 Å². The molecule has 0 bridgehead atoms. The summed E-state index contributed by atoms with van der Waals surface area (Å²) < 4.78 is 5.24. The molecular weight excluding hydrogens is 178 g/mol. The van der Waals surface area contributed by atoms with Crippen LogP contribution in [0.15, 0.2) is 22.8 Å². The fourth-order valence-corrected chi connectivity index (χ4v) is 1.34. The first kappa shape index (κ1) is 11.3. The second kappa shape index (κ2) is 6.62. The Kier molecular flexibility index (Phi) is 5.33. The van der Waals surface area contributed by atoms with Gasteiger partial charge in [-0.3, -0.25) is 0 Å². The Balaban J connectivity index is 2.06. The molecule has 1 heterocycles. The summed E-state index contributed by atoms with van der Waals surface area (Å²) in [4.78, 5) is 0. The molecule has 0 aromatic carbocycles. The first-order valence-corrected chi connectivity index (χ1v) is 5.19. The molecule has 0 aliphatic carbocycles. The number of hydrogen-bond donors (Lipinski definition) is 2. The average Bonchev–Trinajstić information content (AvgIpc) is 2.68. The Morgan fingerprint density at radius 3 is 3.07 bits per heavy atom. The standard InChI is InChI=1S/C11H19NO2/c1-10(12-7-3-8-13)5-6-11-4-2-9-14-11/h2,4,9-10,12-13H,3,5-8H2,1H3. The van der Waals surface area contributed by atoms with Gasteiger partial charge in [0.25, 0.3) is 0 Å². The molecule has 0 saturated carbocycles. The number of furan rings is 1. The van der Waals surface area contributed by atoms with E-state index in [4.69, 9.17) is 9.52 Å². The van der Waals surface area contributed by atoms with E-state index in [0.29, 0.717) is 6.04 Å². The van der Waals surface area contributed by atoms with Gasteiger partial charge >= 0.3 is 0 Å². The molecule has 3 heteroatoms. The number of nitrogens with one attached hydrogen (secondary N) is 1. The lowest BCUT2D eigenvalue weighted by Crippen LogP contribution is -2.27. The summed E-state index contributed by atoms with van der Waals surface area (Å²) >= 11 is 0. The molecule has 0 fully saturated rings. The van der Waals surface area contributed by atoms with Crippen molar-refractivity contribution in [3.05, 3.63) is 24.2 Å². The third kappa shape index (κ3) is 4.44. The zero-order chi connectivity index (χ0) is 10.2. The highest BCUT2D eigenvalue weighted by molar-refractivity contribution is 4.98. The van der Waals surface area contributed by atoms with E-state index in [9.17, 15) is 0 Å². The van der Waals surface area contributed by atoms with E-state index >= 15 is 0 Å². The predicted octanol–water partition coefficient (Wildman–Crippen LogP) is 1.57. The van der Waals surface area contributed by atoms with Crippen LogP contribution in [0, 0.1) is 0 Å². The van der Waals surface area contributed by atoms with E-state index in [1.807, 2.05) is 12.1 Å². The van der Waals surface area contributed by atoms with Crippen molar-refractivity contribution in [1.29, 1.82) is 0 Å². The van der Waals surface area contributed by atoms with Crippen molar-refractivity contribution in [2.45, 2.75) is 32.2 Å². The molecular formula is C11H19NO2. The number of aryl methyl sites for hydroxylation is 1. The van der Waals surface area contributed by atoms with Crippen LogP contribution >= 0.6 is 0 Å². The maximum absolute atomic E-state index is 8.60. The average molecular weight is 197 g/mol. The van der Waals surface area contributed by atoms with Gasteiger partial charge in [0.1, 0.15) is 5.76 Å². The van der Waals surface area contributed by atoms with Gasteiger partial charge in [-0.05, 0) is 38.4 Å². The van der Waals surface area contributed by atoms with Crippen molar-refractivity contribution in [3.63, 3.8) is 0 Å². The highest BCUT2D eigenvalue weighted by Gasteiger charge is 2.02. The second-order valence-electron chi connectivity index (χ2n) is 3.55. The van der Waals surface area contributed by atoms with Crippen LogP contribution in [0.1, 0.15) is 25.5 Å². The van der Waals surface area contributed by atoms with E-state index in [2.05, 4.69) is 12.2 Å². The van der Waals surface area contributed by atoms with Gasteiger partial charge < -0.3 is 14.8 Å². The lowest BCUT2D eigenvalue weighted by atomic mass is 10.1. The molecule has 1 atom stereocenters. The second-order valence-corrected chi connectivity index (χ2v) is 3.55. The summed E-state index contributed by atoms with van der Waals surface area (Å²) in [5.74, 6) is 1.04. The zero-order valence-corrected chi connectivity index (χ0v) is 8.70. The summed E-state index contributed by atoms with van der Waals surface area (Å²) in [7, 11) is 0. The topological polar surface area (TPSA) is 45.4 Å². The molecule has 0 saturated heterocycles. The van der Waals surface area contributed by atoms with Crippen molar-refractivity contribution in [2.75, 3.05) is 13.2 Å². The van der Waals surface area contributed by atoms with Gasteiger partial charge in [-0.2, -0.15) is 0 Å². The molecule has 1 aromatic rings. The summed E-state index contributed by atoms with van der Waals surface area (Å²) in [5, 5.41) is 11.9. The molecule has 0 amide bonds. The quantitative estimate of drug-likeness (QED) is 0.652. The van der Waals surface area contributed by atoms with Crippen LogP contribution in [-0.4, -0.2) is 24.3 Å². The van der Waals surface area contributed by atoms with Crippen molar-refractivity contribution in [1.82, 2.24) is 5.32 Å². The minimum atomic E-state index is 0.262. The molecule has 1 aromatic heterocycles. The summed E-state index contributed by atoms with van der Waals surface area (Å²) in [5.41, 5.74) is 0. The Morgan fingerprint density at radius 1 is 1.57 bits per heavy atom. The first-order valence-electron chi connectivity index (χ1n) is 5.19. The summed E-state index contributed by atoms with van der Waals surface area (Å²) in [6, 6.07) is 4.39. The Hall–Kier alpha value is -0.800. The Labute approximate surface area is 85.1 Å². The number of hydrogen-bond acceptors (Lipinski definition) is 3. The summed E-state index contributed by atoms with van der Waals surface area (Å²) in [6.45, 7) is 3.30. The lowest BCUT2D eigenvalue weighted by molar-refractivity contribution is 0.283. The maximum Gasteiger partial charge on any atom is 0.103 e. The van der Waals surface area contributed by atoms with Crippen LogP contribution in [0.2, 0.25) is 0 Å². The Bertz CT molecular complexity index is 221. The normalized spacial score (nSPS) is 13.0. The molecule has 1 rings (SSSR count). The molecule has 14 heavy (non-hydrogen) atoms. The highest BCUT2D eigenvalue weighted by atomic mass is 16.3. The van der Waals surface area contributed by atoms with E-state index < -0.39 is 0 Å². The van der Waals surface area contributed by atoms with Crippen LogP contribution in [0.3, 0.4) is 0 Å². The van der Waals surface area contributed by atoms with Gasteiger partial charge in [0.15, 0.2) is 0 Å². The molecule has 0 aliphatic rings. The molecule has 0 spiro atoms. The minimum Gasteiger partial charge on any atom is -0.469 e. The molecule has 80 valence electrons. The monoisotopic (exact) mass is 197 g/mol. The van der Waals surface area contributed by atoms with Crippen molar-refractivity contribution < 1.29 is 9.52 Å². The fraction of sp³-hybridized carbons (Fsp3) is 0.636. The van der Waals surface area contributed by atoms with Crippen LogP contribution in [0.25, 0.3) is 0 Å². The van der Waals surface area contributed by atoms with Crippen molar-refractivity contribution >= 4 is 0 Å². The fourth-order valence-electron chi connectivity index (χ4n) is 1.34. The predicted molar refractivity (Wildman–Crippen MR) is 56.2 cm³/mol. The first-order chi connectivity index (χ1) is 6.83. The van der Waals surface area contributed by atoms with Crippen LogP contribution in [-0.2, 0) is 6.42 Å². The van der Waals surface area contributed by atoms with Crippen LogP contribution in [0.5, 0.6) is 0 Å². The molecule has 1 unspecified atom stereocenters. The smallest absolute Gasteiger partial charge is 0.103 e. The third-order valence-corrected chi connectivity index (χ3v) is 2.23. The van der Waals surface area contributed by atoms with E-state index in [1.54, 1.807) is 6.26 Å². The van der Waals surface area contributed by atoms with Gasteiger partial charge in [-0.15, -0.1) is 0 Å². The molecule has 2 N–H and O–H groups in total. The van der Waals surface area contributed by atoms with E-state index in [0.717, 1.165) is 31.6 Å². The SMILES string of the molecule is CC(CCc1ccco1)NCCCO. The minimum absolute atomic E-state index is 0.262. The van der Waals surface area contributed by atoms with Crippen molar-refractivity contribution in [2.24, 2.45) is 0 Å². The van der Waals surface area contributed by atoms with Crippen LogP contribution < -0.4 is 5.32 Å². The maximum atomic E-state index is 8.60. The van der Waals surface area contributed by atoms with Gasteiger partial charge in [0, 0.05) is 19.1 Å². The molecule has 0 radical (unpaired) electrons. The van der Waals surface area contributed by atoms with Gasteiger partial charge in [0.2, 0.25) is 0 Å². The molecule has 3 nitrogen and oxygen atoms in total. The summed E-state index contributed by atoms with van der Waals surface area (Å²) in [6.07, 6.45) is 4.57. The highest BCUT2D eigenvalue weighted by Crippen LogP contribution is 2.05. The third-order valence-electron chi connectivity index (χ3n) is 2.23. The zero-order valence-electron chi connectivity index (χ0n) is 8.70. The van der Waals surface area contributed by atoms with Gasteiger partial charge in [-0.1, -0.05) is 0 Å². The van der Waals surface area contributed by atoms with E-state index in [-0.39, 0.29) is 6.61 Å². The van der Waals surface area contributed by atoms with E-state index in [1.165, 1.54) is 0 Å². The number of aliphatic hydroxyl groups excluding tert-OH is 1. The molecule has 0 aliphatic heterocycles. The van der Waals surface area contributed by atoms with Gasteiger partial charge in [-0.25, -0.2) is 0 Å². The largest absolute Gasteiger partial charge is 0.469 e. The van der Waals surface area contributed by atoms with Crippen molar-refractivity contribution in [3.8, 4) is 0 Å².